The normalized spacial score (nSPS) is 14.9. The number of hydrogen-bond acceptors (Lipinski definition) is 6. The third-order valence-corrected chi connectivity index (χ3v) is 5.55. The number of rotatable bonds is 7. The number of nitrogens with one attached hydrogen (secondary N) is 1. The van der Waals surface area contributed by atoms with Gasteiger partial charge in [0.15, 0.2) is 5.16 Å². The van der Waals surface area contributed by atoms with Crippen molar-refractivity contribution in [2.45, 2.75) is 56.6 Å². The average Bonchev–Trinajstić information content (AvgIpc) is 3.47. The van der Waals surface area contributed by atoms with Crippen LogP contribution in [0.3, 0.4) is 0 Å². The van der Waals surface area contributed by atoms with Gasteiger partial charge in [0.1, 0.15) is 0 Å². The minimum absolute atomic E-state index is 0.0544. The minimum atomic E-state index is -0.485. The van der Waals surface area contributed by atoms with E-state index >= 15 is 0 Å². The molecule has 150 valence electrons. The predicted molar refractivity (Wildman–Crippen MR) is 109 cm³/mol. The Morgan fingerprint density at radius 2 is 2.04 bits per heavy atom. The SMILES string of the molecule is COC(=O)c1ccc2c(=O)n(CC(C)C)c(S[C@H](C)C(=O)NC3CC3)nc2c1. The number of nitrogens with zero attached hydrogens (tertiary/aromatic N) is 2. The van der Waals surface area contributed by atoms with E-state index in [1.807, 2.05) is 20.8 Å². The molecule has 0 unspecified atom stereocenters. The van der Waals surface area contributed by atoms with Crippen molar-refractivity contribution in [2.24, 2.45) is 5.92 Å². The monoisotopic (exact) mass is 403 g/mol. The maximum Gasteiger partial charge on any atom is 0.337 e. The maximum absolute atomic E-state index is 13.1. The number of esters is 1. The molecule has 1 aliphatic carbocycles. The summed E-state index contributed by atoms with van der Waals surface area (Å²) in [6, 6.07) is 5.00. The molecule has 28 heavy (non-hydrogen) atoms. The van der Waals surface area contributed by atoms with Crippen molar-refractivity contribution in [2.75, 3.05) is 7.11 Å². The van der Waals surface area contributed by atoms with Crippen LogP contribution in [0.2, 0.25) is 0 Å². The number of methoxy groups -OCH3 is 1. The van der Waals surface area contributed by atoms with Gasteiger partial charge in [-0.05, 0) is 43.9 Å². The van der Waals surface area contributed by atoms with Gasteiger partial charge in [-0.2, -0.15) is 0 Å². The second-order valence-electron chi connectivity index (χ2n) is 7.47. The summed E-state index contributed by atoms with van der Waals surface area (Å²) >= 11 is 1.26. The zero-order chi connectivity index (χ0) is 20.4. The van der Waals surface area contributed by atoms with Crippen LogP contribution in [0.5, 0.6) is 0 Å². The molecule has 1 amide bonds. The van der Waals surface area contributed by atoms with Crippen LogP contribution in [0.25, 0.3) is 10.9 Å². The van der Waals surface area contributed by atoms with Gasteiger partial charge < -0.3 is 10.1 Å². The molecule has 1 aromatic heterocycles. The van der Waals surface area contributed by atoms with Gasteiger partial charge in [-0.1, -0.05) is 25.6 Å². The number of carbonyl (C=O) groups is 2. The first-order chi connectivity index (χ1) is 13.3. The topological polar surface area (TPSA) is 90.3 Å². The molecule has 0 aliphatic heterocycles. The summed E-state index contributed by atoms with van der Waals surface area (Å²) in [5.74, 6) is -0.302. The Kier molecular flexibility index (Phi) is 6.07. The van der Waals surface area contributed by atoms with Gasteiger partial charge in [0, 0.05) is 12.6 Å². The highest BCUT2D eigenvalue weighted by Crippen LogP contribution is 2.25. The maximum atomic E-state index is 13.1. The molecule has 1 fully saturated rings. The van der Waals surface area contributed by atoms with E-state index in [1.54, 1.807) is 22.8 Å². The zero-order valence-electron chi connectivity index (χ0n) is 16.5. The van der Waals surface area contributed by atoms with Gasteiger partial charge in [-0.15, -0.1) is 0 Å². The fraction of sp³-hybridized carbons (Fsp3) is 0.500. The first-order valence-electron chi connectivity index (χ1n) is 9.40. The van der Waals surface area contributed by atoms with E-state index in [2.05, 4.69) is 10.3 Å². The molecule has 2 aromatic rings. The molecule has 1 heterocycles. The van der Waals surface area contributed by atoms with Crippen LogP contribution in [0.4, 0.5) is 0 Å². The van der Waals surface area contributed by atoms with Crippen molar-refractivity contribution in [3.8, 4) is 0 Å². The Morgan fingerprint density at radius 1 is 1.32 bits per heavy atom. The van der Waals surface area contributed by atoms with Crippen LogP contribution < -0.4 is 10.9 Å². The van der Waals surface area contributed by atoms with Crippen molar-refractivity contribution >= 4 is 34.5 Å². The number of fused-ring (bicyclic) bond motifs is 1. The lowest BCUT2D eigenvalue weighted by Crippen LogP contribution is -2.33. The fourth-order valence-electron chi connectivity index (χ4n) is 2.82. The summed E-state index contributed by atoms with van der Waals surface area (Å²) in [6.45, 7) is 6.35. The molecule has 1 atom stereocenters. The number of benzene rings is 1. The lowest BCUT2D eigenvalue weighted by molar-refractivity contribution is -0.120. The zero-order valence-corrected chi connectivity index (χ0v) is 17.3. The molecule has 1 aliphatic rings. The summed E-state index contributed by atoms with van der Waals surface area (Å²) in [5, 5.41) is 3.52. The van der Waals surface area contributed by atoms with Crippen LogP contribution in [0.1, 0.15) is 44.0 Å². The van der Waals surface area contributed by atoms with E-state index in [-0.39, 0.29) is 28.7 Å². The quantitative estimate of drug-likeness (QED) is 0.434. The van der Waals surface area contributed by atoms with Crippen molar-refractivity contribution in [1.82, 2.24) is 14.9 Å². The first-order valence-corrected chi connectivity index (χ1v) is 10.3. The average molecular weight is 404 g/mol. The Bertz CT molecular complexity index is 966. The molecule has 0 saturated heterocycles. The van der Waals surface area contributed by atoms with E-state index in [1.165, 1.54) is 18.9 Å². The highest BCUT2D eigenvalue weighted by Gasteiger charge is 2.27. The first kappa shape index (κ1) is 20.4. The van der Waals surface area contributed by atoms with Gasteiger partial charge >= 0.3 is 5.97 Å². The van der Waals surface area contributed by atoms with E-state index in [9.17, 15) is 14.4 Å². The lowest BCUT2D eigenvalue weighted by Gasteiger charge is -2.17. The van der Waals surface area contributed by atoms with Crippen molar-refractivity contribution in [3.05, 3.63) is 34.1 Å². The molecule has 3 rings (SSSR count). The highest BCUT2D eigenvalue weighted by molar-refractivity contribution is 8.00. The van der Waals surface area contributed by atoms with Crippen molar-refractivity contribution in [1.29, 1.82) is 0 Å². The minimum Gasteiger partial charge on any atom is -0.465 e. The number of aromatic nitrogens is 2. The third-order valence-electron chi connectivity index (χ3n) is 4.46. The van der Waals surface area contributed by atoms with E-state index in [0.29, 0.717) is 28.2 Å². The highest BCUT2D eigenvalue weighted by atomic mass is 32.2. The van der Waals surface area contributed by atoms with Crippen LogP contribution in [-0.2, 0) is 16.1 Å². The summed E-state index contributed by atoms with van der Waals surface area (Å²) in [7, 11) is 1.31. The molecule has 0 bridgehead atoms. The molecule has 1 saturated carbocycles. The van der Waals surface area contributed by atoms with Gasteiger partial charge in [0.05, 0.1) is 28.8 Å². The molecule has 1 N–H and O–H groups in total. The second kappa shape index (κ2) is 8.34. The molecule has 1 aromatic carbocycles. The summed E-state index contributed by atoms with van der Waals surface area (Å²) < 4.78 is 6.37. The molecule has 0 radical (unpaired) electrons. The molecule has 7 nitrogen and oxygen atoms in total. The Morgan fingerprint density at radius 3 is 2.64 bits per heavy atom. The van der Waals surface area contributed by atoms with Crippen LogP contribution in [0.15, 0.2) is 28.2 Å². The summed E-state index contributed by atoms with van der Waals surface area (Å²) in [4.78, 5) is 41.9. The Balaban J connectivity index is 2.02. The van der Waals surface area contributed by atoms with Gasteiger partial charge in [0.25, 0.3) is 5.56 Å². The van der Waals surface area contributed by atoms with E-state index in [4.69, 9.17) is 4.74 Å². The Hall–Kier alpha value is -2.35. The molecular formula is C20H25N3O4S. The smallest absolute Gasteiger partial charge is 0.337 e. The van der Waals surface area contributed by atoms with Gasteiger partial charge in [0.2, 0.25) is 5.91 Å². The number of thioether (sulfide) groups is 1. The van der Waals surface area contributed by atoms with Crippen LogP contribution >= 0.6 is 11.8 Å². The standard InChI is InChI=1S/C20H25N3O4S/c1-11(2)10-23-18(25)15-8-5-13(19(26)27-4)9-16(15)22-20(23)28-12(3)17(24)21-14-6-7-14/h5,8-9,11-12,14H,6-7,10H2,1-4H3,(H,21,24)/t12-/m1/s1. The van der Waals surface area contributed by atoms with Crippen molar-refractivity contribution in [3.63, 3.8) is 0 Å². The Labute approximate surface area is 167 Å². The summed E-state index contributed by atoms with van der Waals surface area (Å²) in [5.41, 5.74) is 0.580. The van der Waals surface area contributed by atoms with E-state index in [0.717, 1.165) is 12.8 Å². The summed E-state index contributed by atoms with van der Waals surface area (Å²) in [6.07, 6.45) is 2.04. The molecular weight excluding hydrogens is 378 g/mol. The number of carbonyl (C=O) groups excluding carboxylic acids is 2. The number of ether oxygens (including phenoxy) is 1. The second-order valence-corrected chi connectivity index (χ2v) is 8.78. The largest absolute Gasteiger partial charge is 0.465 e. The van der Waals surface area contributed by atoms with Gasteiger partial charge in [-0.25, -0.2) is 9.78 Å². The van der Waals surface area contributed by atoms with Crippen LogP contribution in [0, 0.1) is 5.92 Å². The predicted octanol–water partition coefficient (Wildman–Crippen LogP) is 2.60. The fourth-order valence-corrected chi connectivity index (χ4v) is 3.75. The van der Waals surface area contributed by atoms with E-state index < -0.39 is 5.97 Å². The number of hydrogen-bond donors (Lipinski definition) is 1. The molecule has 0 spiro atoms. The number of amides is 1. The lowest BCUT2D eigenvalue weighted by atomic mass is 10.1. The third kappa shape index (κ3) is 4.55. The van der Waals surface area contributed by atoms with Crippen LogP contribution in [-0.4, -0.2) is 39.8 Å². The van der Waals surface area contributed by atoms with Crippen molar-refractivity contribution < 1.29 is 14.3 Å². The van der Waals surface area contributed by atoms with Gasteiger partial charge in [-0.3, -0.25) is 14.2 Å². The molecule has 8 heteroatoms.